The van der Waals surface area contributed by atoms with Gasteiger partial charge >= 0.3 is 0 Å². The Morgan fingerprint density at radius 3 is 2.25 bits per heavy atom. The number of ether oxygens (including phenoxy) is 1. The van der Waals surface area contributed by atoms with E-state index in [1.807, 2.05) is 39.8 Å². The van der Waals surface area contributed by atoms with Crippen molar-refractivity contribution < 1.29 is 4.74 Å². The molecular formula is C15H14ClN3O. The Hall–Kier alpha value is -2.12. The van der Waals surface area contributed by atoms with E-state index >= 15 is 0 Å². The van der Waals surface area contributed by atoms with Gasteiger partial charge in [-0.25, -0.2) is 0 Å². The zero-order chi connectivity index (χ0) is 14.9. The van der Waals surface area contributed by atoms with Crippen molar-refractivity contribution in [2.75, 3.05) is 0 Å². The summed E-state index contributed by atoms with van der Waals surface area (Å²) in [6, 6.07) is 5.74. The molecule has 1 aromatic heterocycles. The third-order valence-corrected chi connectivity index (χ3v) is 3.75. The lowest BCUT2D eigenvalue weighted by molar-refractivity contribution is 0.451. The van der Waals surface area contributed by atoms with Crippen molar-refractivity contribution in [2.45, 2.75) is 27.7 Å². The first kappa shape index (κ1) is 14.3. The molecule has 1 heterocycles. The average molecular weight is 288 g/mol. The van der Waals surface area contributed by atoms with E-state index in [0.717, 1.165) is 22.4 Å². The molecule has 0 aliphatic rings. The SMILES string of the molecule is Cc1cc(Oc2nnc(C)c(C)c2C#N)cc(C)c1Cl. The van der Waals surface area contributed by atoms with Crippen LogP contribution < -0.4 is 4.74 Å². The fourth-order valence-corrected chi connectivity index (χ4v) is 1.98. The molecule has 0 atom stereocenters. The predicted octanol–water partition coefficient (Wildman–Crippen LogP) is 4.03. The summed E-state index contributed by atoms with van der Waals surface area (Å²) in [7, 11) is 0. The Kier molecular flexibility index (Phi) is 3.91. The molecule has 0 amide bonds. The van der Waals surface area contributed by atoms with Crippen LogP contribution in [0.4, 0.5) is 0 Å². The number of aromatic nitrogens is 2. The lowest BCUT2D eigenvalue weighted by Crippen LogP contribution is -2.00. The largest absolute Gasteiger partial charge is 0.437 e. The van der Waals surface area contributed by atoms with Crippen molar-refractivity contribution in [3.63, 3.8) is 0 Å². The van der Waals surface area contributed by atoms with Crippen LogP contribution in [0, 0.1) is 39.0 Å². The summed E-state index contributed by atoms with van der Waals surface area (Å²) < 4.78 is 5.70. The molecule has 20 heavy (non-hydrogen) atoms. The molecule has 0 fully saturated rings. The van der Waals surface area contributed by atoms with Crippen LogP contribution >= 0.6 is 11.6 Å². The predicted molar refractivity (Wildman–Crippen MR) is 77.2 cm³/mol. The number of nitrogens with zero attached hydrogens (tertiary/aromatic N) is 3. The van der Waals surface area contributed by atoms with E-state index in [1.165, 1.54) is 0 Å². The Balaban J connectivity index is 2.46. The second-order valence-electron chi connectivity index (χ2n) is 4.68. The topological polar surface area (TPSA) is 58.8 Å². The van der Waals surface area contributed by atoms with Gasteiger partial charge in [-0.1, -0.05) is 11.6 Å². The van der Waals surface area contributed by atoms with Gasteiger partial charge in [-0.15, -0.1) is 5.10 Å². The standard InChI is InChI=1S/C15H14ClN3O/c1-8-5-12(6-9(2)14(8)16)20-15-13(7-17)10(3)11(4)18-19-15/h5-6H,1-4H3. The molecule has 0 saturated carbocycles. The number of hydrogen-bond donors (Lipinski definition) is 0. The number of benzene rings is 1. The van der Waals surface area contributed by atoms with E-state index in [-0.39, 0.29) is 5.88 Å². The van der Waals surface area contributed by atoms with Gasteiger partial charge in [0.05, 0.1) is 5.69 Å². The molecule has 2 rings (SSSR count). The van der Waals surface area contributed by atoms with Crippen LogP contribution in [0.15, 0.2) is 12.1 Å². The summed E-state index contributed by atoms with van der Waals surface area (Å²) in [5.41, 5.74) is 3.73. The highest BCUT2D eigenvalue weighted by molar-refractivity contribution is 6.32. The van der Waals surface area contributed by atoms with Crippen LogP contribution in [0.5, 0.6) is 11.6 Å². The summed E-state index contributed by atoms with van der Waals surface area (Å²) in [5.74, 6) is 0.815. The van der Waals surface area contributed by atoms with Crippen molar-refractivity contribution >= 4 is 11.6 Å². The van der Waals surface area contributed by atoms with Gasteiger partial charge in [-0.3, -0.25) is 0 Å². The van der Waals surface area contributed by atoms with Gasteiger partial charge in [0.2, 0.25) is 0 Å². The van der Waals surface area contributed by atoms with E-state index in [9.17, 15) is 5.26 Å². The second-order valence-corrected chi connectivity index (χ2v) is 5.05. The van der Waals surface area contributed by atoms with Gasteiger partial charge < -0.3 is 4.74 Å². The Morgan fingerprint density at radius 2 is 1.70 bits per heavy atom. The number of halogens is 1. The van der Waals surface area contributed by atoms with E-state index in [0.29, 0.717) is 16.3 Å². The van der Waals surface area contributed by atoms with Crippen molar-refractivity contribution in [1.82, 2.24) is 10.2 Å². The number of aryl methyl sites for hydroxylation is 3. The molecule has 0 radical (unpaired) electrons. The molecule has 0 bridgehead atoms. The van der Waals surface area contributed by atoms with Crippen LogP contribution in [0.2, 0.25) is 5.02 Å². The van der Waals surface area contributed by atoms with Crippen LogP contribution in [0.25, 0.3) is 0 Å². The van der Waals surface area contributed by atoms with Crippen LogP contribution in [0.1, 0.15) is 27.9 Å². The highest BCUT2D eigenvalue weighted by Crippen LogP contribution is 2.30. The average Bonchev–Trinajstić information content (AvgIpc) is 2.40. The van der Waals surface area contributed by atoms with E-state index < -0.39 is 0 Å². The Labute approximate surface area is 123 Å². The fourth-order valence-electron chi connectivity index (χ4n) is 1.87. The van der Waals surface area contributed by atoms with Crippen LogP contribution in [-0.4, -0.2) is 10.2 Å². The molecule has 4 nitrogen and oxygen atoms in total. The molecule has 0 spiro atoms. The van der Waals surface area contributed by atoms with Crippen LogP contribution in [-0.2, 0) is 0 Å². The minimum Gasteiger partial charge on any atom is -0.437 e. The maximum absolute atomic E-state index is 9.24. The maximum atomic E-state index is 9.24. The molecule has 102 valence electrons. The summed E-state index contributed by atoms with van der Waals surface area (Å²) in [6.45, 7) is 7.44. The van der Waals surface area contributed by atoms with Gasteiger partial charge in [0, 0.05) is 5.02 Å². The molecule has 5 heteroatoms. The van der Waals surface area contributed by atoms with Crippen molar-refractivity contribution in [1.29, 1.82) is 5.26 Å². The van der Waals surface area contributed by atoms with Gasteiger partial charge in [-0.2, -0.15) is 10.4 Å². The Bertz CT molecular complexity index is 697. The lowest BCUT2D eigenvalue weighted by atomic mass is 10.1. The lowest BCUT2D eigenvalue weighted by Gasteiger charge is -2.11. The minimum absolute atomic E-state index is 0.219. The summed E-state index contributed by atoms with van der Waals surface area (Å²) in [6.07, 6.45) is 0. The first-order valence-corrected chi connectivity index (χ1v) is 6.50. The van der Waals surface area contributed by atoms with E-state index in [4.69, 9.17) is 16.3 Å². The zero-order valence-corrected chi connectivity index (χ0v) is 12.5. The molecule has 0 unspecified atom stereocenters. The molecule has 2 aromatic rings. The smallest absolute Gasteiger partial charge is 0.257 e. The number of rotatable bonds is 2. The monoisotopic (exact) mass is 287 g/mol. The summed E-state index contributed by atoms with van der Waals surface area (Å²) in [4.78, 5) is 0. The molecule has 0 N–H and O–H groups in total. The third-order valence-electron chi connectivity index (χ3n) is 3.16. The summed E-state index contributed by atoms with van der Waals surface area (Å²) in [5, 5.41) is 17.9. The molecule has 0 saturated heterocycles. The van der Waals surface area contributed by atoms with Crippen molar-refractivity contribution in [3.05, 3.63) is 45.1 Å². The highest BCUT2D eigenvalue weighted by atomic mass is 35.5. The quantitative estimate of drug-likeness (QED) is 0.837. The van der Waals surface area contributed by atoms with Crippen molar-refractivity contribution in [3.8, 4) is 17.7 Å². The first-order valence-electron chi connectivity index (χ1n) is 6.12. The number of hydrogen-bond acceptors (Lipinski definition) is 4. The maximum Gasteiger partial charge on any atom is 0.257 e. The van der Waals surface area contributed by atoms with Gasteiger partial charge in [-0.05, 0) is 56.5 Å². The van der Waals surface area contributed by atoms with Gasteiger partial charge in [0.25, 0.3) is 5.88 Å². The Morgan fingerprint density at radius 1 is 1.10 bits per heavy atom. The van der Waals surface area contributed by atoms with E-state index in [2.05, 4.69) is 16.3 Å². The molecule has 0 aliphatic heterocycles. The summed E-state index contributed by atoms with van der Waals surface area (Å²) >= 11 is 6.12. The first-order chi connectivity index (χ1) is 9.43. The van der Waals surface area contributed by atoms with Gasteiger partial charge in [0.1, 0.15) is 17.4 Å². The normalized spacial score (nSPS) is 10.2. The fraction of sp³-hybridized carbons (Fsp3) is 0.267. The van der Waals surface area contributed by atoms with Crippen LogP contribution in [0.3, 0.4) is 0 Å². The second kappa shape index (κ2) is 5.48. The molecule has 0 aliphatic carbocycles. The number of nitriles is 1. The van der Waals surface area contributed by atoms with E-state index in [1.54, 1.807) is 0 Å². The van der Waals surface area contributed by atoms with Gasteiger partial charge in [0.15, 0.2) is 0 Å². The molecule has 1 aromatic carbocycles. The van der Waals surface area contributed by atoms with Crippen molar-refractivity contribution in [2.24, 2.45) is 0 Å². The third kappa shape index (κ3) is 2.59. The minimum atomic E-state index is 0.219. The molecular weight excluding hydrogens is 274 g/mol. The zero-order valence-electron chi connectivity index (χ0n) is 11.8. The highest BCUT2D eigenvalue weighted by Gasteiger charge is 2.13.